The minimum absolute atomic E-state index is 0.545. The van der Waals surface area contributed by atoms with Crippen molar-refractivity contribution in [1.82, 2.24) is 10.6 Å². The molecule has 3 atom stereocenters. The molecule has 2 aliphatic carbocycles. The van der Waals surface area contributed by atoms with E-state index in [2.05, 4.69) is 48.8 Å². The zero-order valence-corrected chi connectivity index (χ0v) is 15.6. The molecular formula is C21H35N3. The van der Waals surface area contributed by atoms with E-state index < -0.39 is 0 Å². The summed E-state index contributed by atoms with van der Waals surface area (Å²) in [5.41, 5.74) is 1.55. The molecule has 0 aromatic heterocycles. The Morgan fingerprint density at radius 3 is 2.71 bits per heavy atom. The van der Waals surface area contributed by atoms with Crippen LogP contribution in [0.15, 0.2) is 23.8 Å². The van der Waals surface area contributed by atoms with E-state index in [1.165, 1.54) is 38.5 Å². The Morgan fingerprint density at radius 1 is 1.21 bits per heavy atom. The highest BCUT2D eigenvalue weighted by Gasteiger charge is 2.39. The van der Waals surface area contributed by atoms with Crippen LogP contribution in [0, 0.1) is 17.2 Å². The zero-order chi connectivity index (χ0) is 17.2. The molecule has 2 aliphatic rings. The molecule has 0 saturated heterocycles. The molecule has 0 bridgehead atoms. The summed E-state index contributed by atoms with van der Waals surface area (Å²) in [7, 11) is 0. The molecule has 0 aliphatic heterocycles. The van der Waals surface area contributed by atoms with Gasteiger partial charge in [0.25, 0.3) is 0 Å². The van der Waals surface area contributed by atoms with Crippen molar-refractivity contribution in [2.45, 2.75) is 89.8 Å². The van der Waals surface area contributed by atoms with Crippen LogP contribution < -0.4 is 10.6 Å². The highest BCUT2D eigenvalue weighted by Crippen LogP contribution is 2.39. The van der Waals surface area contributed by atoms with Crippen LogP contribution in [-0.2, 0) is 0 Å². The van der Waals surface area contributed by atoms with Crippen molar-refractivity contribution < 1.29 is 0 Å². The van der Waals surface area contributed by atoms with Crippen LogP contribution in [0.4, 0.5) is 0 Å². The van der Waals surface area contributed by atoms with E-state index in [0.29, 0.717) is 24.5 Å². The van der Waals surface area contributed by atoms with Gasteiger partial charge in [-0.3, -0.25) is 0 Å². The first-order valence-corrected chi connectivity index (χ1v) is 10.0. The van der Waals surface area contributed by atoms with Gasteiger partial charge in [0.05, 0.1) is 6.07 Å². The minimum Gasteiger partial charge on any atom is -0.314 e. The van der Waals surface area contributed by atoms with Crippen LogP contribution in [0.1, 0.15) is 71.6 Å². The summed E-state index contributed by atoms with van der Waals surface area (Å²) in [6, 6.07) is 4.13. The Morgan fingerprint density at radius 2 is 2.04 bits per heavy atom. The molecule has 1 fully saturated rings. The molecule has 1 saturated carbocycles. The van der Waals surface area contributed by atoms with Crippen LogP contribution in [-0.4, -0.2) is 24.7 Å². The topological polar surface area (TPSA) is 47.9 Å². The summed E-state index contributed by atoms with van der Waals surface area (Å²) in [5, 5.41) is 16.4. The van der Waals surface area contributed by atoms with Gasteiger partial charge in [-0.05, 0) is 63.5 Å². The largest absolute Gasteiger partial charge is 0.314 e. The average molecular weight is 330 g/mol. The van der Waals surface area contributed by atoms with Gasteiger partial charge >= 0.3 is 0 Å². The zero-order valence-electron chi connectivity index (χ0n) is 15.6. The molecule has 3 heteroatoms. The third-order valence-corrected chi connectivity index (χ3v) is 5.44. The van der Waals surface area contributed by atoms with Gasteiger partial charge in [0.15, 0.2) is 0 Å². The average Bonchev–Trinajstić information content (AvgIpc) is 3.38. The second-order valence-electron chi connectivity index (χ2n) is 7.30. The molecule has 3 nitrogen and oxygen atoms in total. The summed E-state index contributed by atoms with van der Waals surface area (Å²) >= 11 is 0. The predicted octanol–water partition coefficient (Wildman–Crippen LogP) is 4.47. The summed E-state index contributed by atoms with van der Waals surface area (Å²) in [5.74, 6) is 0.729. The first-order chi connectivity index (χ1) is 11.8. The fraction of sp³-hybridized carbons (Fsp3) is 0.762. The minimum atomic E-state index is 0.545. The van der Waals surface area contributed by atoms with E-state index in [4.69, 9.17) is 5.26 Å². The maximum absolute atomic E-state index is 8.80. The smallest absolute Gasteiger partial charge is 0.0621 e. The van der Waals surface area contributed by atoms with E-state index in [1.807, 2.05) is 0 Å². The van der Waals surface area contributed by atoms with Crippen molar-refractivity contribution in [1.29, 1.82) is 5.26 Å². The van der Waals surface area contributed by atoms with E-state index in [1.54, 1.807) is 5.57 Å². The van der Waals surface area contributed by atoms with Gasteiger partial charge in [-0.25, -0.2) is 0 Å². The summed E-state index contributed by atoms with van der Waals surface area (Å²) < 4.78 is 0. The van der Waals surface area contributed by atoms with Crippen molar-refractivity contribution in [3.05, 3.63) is 23.8 Å². The molecule has 0 aromatic rings. The van der Waals surface area contributed by atoms with Crippen LogP contribution in [0.5, 0.6) is 0 Å². The molecule has 24 heavy (non-hydrogen) atoms. The van der Waals surface area contributed by atoms with Gasteiger partial charge in [-0.1, -0.05) is 32.1 Å². The molecule has 0 heterocycles. The van der Waals surface area contributed by atoms with Gasteiger partial charge in [-0.15, -0.1) is 0 Å². The standard InChI is InChI=1S/C21H35N3/c1-3-18(4-2)23-15-13-19(12-8-9-14-22)24-21-16-20(21)17-10-6-5-7-11-17/h6,10-11,18-21,23-24H,3-5,7-9,12-13,15-16H2,1-2H3. The molecule has 134 valence electrons. The maximum atomic E-state index is 8.80. The lowest BCUT2D eigenvalue weighted by molar-refractivity contribution is 0.399. The van der Waals surface area contributed by atoms with Crippen LogP contribution in [0.2, 0.25) is 0 Å². The first-order valence-electron chi connectivity index (χ1n) is 10.0. The number of allylic oxidation sites excluding steroid dienone is 3. The van der Waals surface area contributed by atoms with Crippen molar-refractivity contribution in [2.75, 3.05) is 6.54 Å². The Balaban J connectivity index is 1.75. The quantitative estimate of drug-likeness (QED) is 0.519. The molecule has 0 amide bonds. The third kappa shape index (κ3) is 6.42. The Kier molecular flexibility index (Phi) is 8.56. The predicted molar refractivity (Wildman–Crippen MR) is 102 cm³/mol. The molecule has 2 rings (SSSR count). The number of rotatable bonds is 12. The van der Waals surface area contributed by atoms with Crippen molar-refractivity contribution in [2.24, 2.45) is 5.92 Å². The van der Waals surface area contributed by atoms with Crippen LogP contribution in [0.25, 0.3) is 0 Å². The fourth-order valence-electron chi connectivity index (χ4n) is 3.74. The fourth-order valence-corrected chi connectivity index (χ4v) is 3.74. The van der Waals surface area contributed by atoms with Crippen molar-refractivity contribution >= 4 is 0 Å². The number of hydrogen-bond donors (Lipinski definition) is 2. The van der Waals surface area contributed by atoms with E-state index in [-0.39, 0.29) is 0 Å². The monoisotopic (exact) mass is 329 g/mol. The Labute approximate surface area is 148 Å². The van der Waals surface area contributed by atoms with Crippen molar-refractivity contribution in [3.63, 3.8) is 0 Å². The molecular weight excluding hydrogens is 294 g/mol. The summed E-state index contributed by atoms with van der Waals surface area (Å²) in [4.78, 5) is 0. The van der Waals surface area contributed by atoms with Gasteiger partial charge in [0.1, 0.15) is 0 Å². The van der Waals surface area contributed by atoms with Gasteiger partial charge < -0.3 is 10.6 Å². The highest BCUT2D eigenvalue weighted by atomic mass is 15.0. The van der Waals surface area contributed by atoms with E-state index in [0.717, 1.165) is 25.3 Å². The third-order valence-electron chi connectivity index (χ3n) is 5.44. The number of unbranched alkanes of at least 4 members (excludes halogenated alkanes) is 1. The SMILES string of the molecule is CCC(CC)NCCC(CCCC#N)NC1CC1C1=CCCC=C1. The molecule has 0 spiro atoms. The second kappa shape index (κ2) is 10.7. The number of nitriles is 1. The first kappa shape index (κ1) is 19.2. The molecule has 2 N–H and O–H groups in total. The maximum Gasteiger partial charge on any atom is 0.0621 e. The number of nitrogens with zero attached hydrogens (tertiary/aromatic N) is 1. The number of hydrogen-bond acceptors (Lipinski definition) is 3. The lowest BCUT2D eigenvalue weighted by atomic mass is 10.0. The lowest BCUT2D eigenvalue weighted by Gasteiger charge is -2.21. The van der Waals surface area contributed by atoms with E-state index in [9.17, 15) is 0 Å². The van der Waals surface area contributed by atoms with Gasteiger partial charge in [0.2, 0.25) is 0 Å². The molecule has 0 aromatic carbocycles. The van der Waals surface area contributed by atoms with Crippen LogP contribution in [0.3, 0.4) is 0 Å². The van der Waals surface area contributed by atoms with Gasteiger partial charge in [0, 0.05) is 30.5 Å². The molecule has 3 unspecified atom stereocenters. The Bertz CT molecular complexity index is 456. The lowest BCUT2D eigenvalue weighted by Crippen LogP contribution is -2.37. The van der Waals surface area contributed by atoms with Crippen molar-refractivity contribution in [3.8, 4) is 6.07 Å². The summed E-state index contributed by atoms with van der Waals surface area (Å²) in [6.07, 6.45) is 17.1. The van der Waals surface area contributed by atoms with E-state index >= 15 is 0 Å². The molecule has 0 radical (unpaired) electrons. The second-order valence-corrected chi connectivity index (χ2v) is 7.30. The number of nitrogens with one attached hydrogen (secondary N) is 2. The normalized spacial score (nSPS) is 23.8. The summed E-state index contributed by atoms with van der Waals surface area (Å²) in [6.45, 7) is 5.59. The highest BCUT2D eigenvalue weighted by molar-refractivity contribution is 5.31. The van der Waals surface area contributed by atoms with Crippen LogP contribution >= 0.6 is 0 Å². The Hall–Kier alpha value is -1.11. The van der Waals surface area contributed by atoms with Gasteiger partial charge in [-0.2, -0.15) is 5.26 Å².